The third kappa shape index (κ3) is 3.45. The van der Waals surface area contributed by atoms with E-state index in [0.29, 0.717) is 11.1 Å². The summed E-state index contributed by atoms with van der Waals surface area (Å²) >= 11 is 0. The smallest absolute Gasteiger partial charge is 0.126 e. The number of halogens is 1. The average Bonchev–Trinajstić information content (AvgIpc) is 2.48. The van der Waals surface area contributed by atoms with Crippen LogP contribution < -0.4 is 0 Å². The third-order valence-electron chi connectivity index (χ3n) is 3.63. The number of hydrogen-bond donors (Lipinski definition) is 1. The van der Waals surface area contributed by atoms with E-state index in [9.17, 15) is 9.50 Å². The van der Waals surface area contributed by atoms with Gasteiger partial charge >= 0.3 is 0 Å². The van der Waals surface area contributed by atoms with E-state index in [4.69, 9.17) is 0 Å². The first-order valence-electron chi connectivity index (χ1n) is 7.14. The number of aliphatic hydroxyl groups excluding tert-OH is 1. The predicted octanol–water partition coefficient (Wildman–Crippen LogP) is 4.56. The van der Waals surface area contributed by atoms with E-state index in [1.165, 1.54) is 24.5 Å². The van der Waals surface area contributed by atoms with Gasteiger partial charge in [0.2, 0.25) is 0 Å². The van der Waals surface area contributed by atoms with Gasteiger partial charge in [-0.15, -0.1) is 0 Å². The predicted molar refractivity (Wildman–Crippen MR) is 80.3 cm³/mol. The first-order valence-corrected chi connectivity index (χ1v) is 7.14. The maximum absolute atomic E-state index is 13.5. The molecule has 0 heterocycles. The topological polar surface area (TPSA) is 20.2 Å². The molecule has 106 valence electrons. The van der Waals surface area contributed by atoms with E-state index in [0.717, 1.165) is 12.0 Å². The van der Waals surface area contributed by atoms with Crippen LogP contribution in [0.4, 0.5) is 4.39 Å². The minimum Gasteiger partial charge on any atom is -0.384 e. The Kier molecular flexibility index (Phi) is 4.91. The molecule has 0 spiro atoms. The zero-order valence-electron chi connectivity index (χ0n) is 12.1. The molecule has 2 aromatic carbocycles. The van der Waals surface area contributed by atoms with E-state index >= 15 is 0 Å². The zero-order chi connectivity index (χ0) is 14.5. The van der Waals surface area contributed by atoms with Gasteiger partial charge in [0.05, 0.1) is 0 Å². The highest BCUT2D eigenvalue weighted by atomic mass is 19.1. The summed E-state index contributed by atoms with van der Waals surface area (Å²) in [6.45, 7) is 3.89. The Bertz CT molecular complexity index is 560. The minimum absolute atomic E-state index is 0.277. The Morgan fingerprint density at radius 1 is 1.05 bits per heavy atom. The number of hydrogen-bond acceptors (Lipinski definition) is 1. The monoisotopic (exact) mass is 272 g/mol. The van der Waals surface area contributed by atoms with Gasteiger partial charge in [0.1, 0.15) is 11.9 Å². The number of benzene rings is 2. The van der Waals surface area contributed by atoms with Crippen molar-refractivity contribution in [2.75, 3.05) is 0 Å². The highest BCUT2D eigenvalue weighted by Crippen LogP contribution is 2.24. The number of aliphatic hydroxyl groups is 1. The van der Waals surface area contributed by atoms with Gasteiger partial charge in [0.15, 0.2) is 0 Å². The number of rotatable bonds is 5. The Morgan fingerprint density at radius 2 is 1.70 bits per heavy atom. The van der Waals surface area contributed by atoms with E-state index in [1.807, 2.05) is 24.3 Å². The van der Waals surface area contributed by atoms with Crippen LogP contribution in [-0.2, 0) is 6.42 Å². The molecule has 0 amide bonds. The van der Waals surface area contributed by atoms with E-state index < -0.39 is 6.10 Å². The highest BCUT2D eigenvalue weighted by Gasteiger charge is 2.11. The van der Waals surface area contributed by atoms with Crippen LogP contribution in [-0.4, -0.2) is 5.11 Å². The Labute approximate surface area is 120 Å². The van der Waals surface area contributed by atoms with Crippen molar-refractivity contribution < 1.29 is 9.50 Å². The van der Waals surface area contributed by atoms with Crippen molar-refractivity contribution in [1.82, 2.24) is 0 Å². The van der Waals surface area contributed by atoms with Crippen LogP contribution in [0.1, 0.15) is 48.1 Å². The molecule has 0 radical (unpaired) electrons. The average molecular weight is 272 g/mol. The fourth-order valence-electron chi connectivity index (χ4n) is 2.22. The summed E-state index contributed by atoms with van der Waals surface area (Å²) < 4.78 is 13.5. The van der Waals surface area contributed by atoms with Crippen LogP contribution in [0, 0.1) is 12.7 Å². The van der Waals surface area contributed by atoms with Gasteiger partial charge in [-0.05, 0) is 48.1 Å². The van der Waals surface area contributed by atoms with Crippen molar-refractivity contribution in [3.8, 4) is 0 Å². The van der Waals surface area contributed by atoms with Crippen LogP contribution in [0.2, 0.25) is 0 Å². The zero-order valence-corrected chi connectivity index (χ0v) is 12.1. The first-order chi connectivity index (χ1) is 9.61. The molecule has 0 aliphatic heterocycles. The molecule has 0 saturated heterocycles. The lowest BCUT2D eigenvalue weighted by molar-refractivity contribution is 0.219. The maximum Gasteiger partial charge on any atom is 0.126 e. The summed E-state index contributed by atoms with van der Waals surface area (Å²) in [6, 6.07) is 12.8. The van der Waals surface area contributed by atoms with Gasteiger partial charge in [-0.3, -0.25) is 0 Å². The van der Waals surface area contributed by atoms with E-state index in [-0.39, 0.29) is 5.82 Å². The standard InChI is InChI=1S/C18H21FO/c1-3-4-5-14-7-10-15(11-8-14)18(20)16-9-6-13(2)17(19)12-16/h6-12,18,20H,3-5H2,1-2H3. The van der Waals surface area contributed by atoms with E-state index in [1.54, 1.807) is 19.1 Å². The minimum atomic E-state index is -0.773. The molecule has 2 rings (SSSR count). The lowest BCUT2D eigenvalue weighted by Gasteiger charge is -2.13. The number of unbranched alkanes of at least 4 members (excludes halogenated alkanes) is 1. The molecule has 1 unspecified atom stereocenters. The summed E-state index contributed by atoms with van der Waals surface area (Å²) in [5, 5.41) is 10.3. The molecule has 0 aliphatic carbocycles. The lowest BCUT2D eigenvalue weighted by Crippen LogP contribution is -2.01. The van der Waals surface area contributed by atoms with Gasteiger partial charge in [-0.2, -0.15) is 0 Å². The molecule has 1 nitrogen and oxygen atoms in total. The molecule has 2 heteroatoms. The summed E-state index contributed by atoms with van der Waals surface area (Å²) in [5.74, 6) is -0.277. The SMILES string of the molecule is CCCCc1ccc(C(O)c2ccc(C)c(F)c2)cc1. The van der Waals surface area contributed by atoms with Crippen LogP contribution in [0.15, 0.2) is 42.5 Å². The molecule has 1 N–H and O–H groups in total. The molecule has 20 heavy (non-hydrogen) atoms. The van der Waals surface area contributed by atoms with Crippen LogP contribution in [0.25, 0.3) is 0 Å². The molecule has 0 aliphatic rings. The molecule has 0 fully saturated rings. The van der Waals surface area contributed by atoms with Crippen molar-refractivity contribution >= 4 is 0 Å². The fourth-order valence-corrected chi connectivity index (χ4v) is 2.22. The molecule has 0 saturated carbocycles. The van der Waals surface area contributed by atoms with Gasteiger partial charge < -0.3 is 5.11 Å². The normalized spacial score (nSPS) is 12.4. The Morgan fingerprint density at radius 3 is 2.30 bits per heavy atom. The van der Waals surface area contributed by atoms with Gasteiger partial charge in [-0.1, -0.05) is 49.7 Å². The van der Waals surface area contributed by atoms with Crippen LogP contribution >= 0.6 is 0 Å². The van der Waals surface area contributed by atoms with Gasteiger partial charge in [0, 0.05) is 0 Å². The van der Waals surface area contributed by atoms with Crippen LogP contribution in [0.5, 0.6) is 0 Å². The van der Waals surface area contributed by atoms with Crippen molar-refractivity contribution in [1.29, 1.82) is 0 Å². The van der Waals surface area contributed by atoms with Crippen molar-refractivity contribution in [2.24, 2.45) is 0 Å². The molecule has 2 aromatic rings. The van der Waals surface area contributed by atoms with Gasteiger partial charge in [-0.25, -0.2) is 4.39 Å². The maximum atomic E-state index is 13.5. The van der Waals surface area contributed by atoms with Crippen molar-refractivity contribution in [3.05, 3.63) is 70.5 Å². The summed E-state index contributed by atoms with van der Waals surface area (Å²) in [7, 11) is 0. The molecular weight excluding hydrogens is 251 g/mol. The summed E-state index contributed by atoms with van der Waals surface area (Å²) in [4.78, 5) is 0. The first kappa shape index (κ1) is 14.7. The van der Waals surface area contributed by atoms with Crippen LogP contribution in [0.3, 0.4) is 0 Å². The molecule has 0 aromatic heterocycles. The third-order valence-corrected chi connectivity index (χ3v) is 3.63. The lowest BCUT2D eigenvalue weighted by atomic mass is 9.98. The molecule has 1 atom stereocenters. The van der Waals surface area contributed by atoms with Gasteiger partial charge in [0.25, 0.3) is 0 Å². The largest absolute Gasteiger partial charge is 0.384 e. The second-order valence-electron chi connectivity index (χ2n) is 5.26. The summed E-state index contributed by atoms with van der Waals surface area (Å²) in [5.41, 5.74) is 3.26. The Hall–Kier alpha value is -1.67. The van der Waals surface area contributed by atoms with E-state index in [2.05, 4.69) is 6.92 Å². The fraction of sp³-hybridized carbons (Fsp3) is 0.333. The summed E-state index contributed by atoms with van der Waals surface area (Å²) in [6.07, 6.45) is 2.63. The Balaban J connectivity index is 2.15. The molecular formula is C18H21FO. The highest BCUT2D eigenvalue weighted by molar-refractivity contribution is 5.33. The molecule has 0 bridgehead atoms. The second kappa shape index (κ2) is 6.67. The van der Waals surface area contributed by atoms with Crippen molar-refractivity contribution in [3.63, 3.8) is 0 Å². The second-order valence-corrected chi connectivity index (χ2v) is 5.26. The van der Waals surface area contributed by atoms with Crippen molar-refractivity contribution in [2.45, 2.75) is 39.2 Å². The number of aryl methyl sites for hydroxylation is 2. The quantitative estimate of drug-likeness (QED) is 0.846.